The van der Waals surface area contributed by atoms with Crippen molar-refractivity contribution in [3.05, 3.63) is 34.1 Å². The largest absolute Gasteiger partial charge is 0.391 e. The fraction of sp³-hybridized carbons (Fsp3) is 0.500. The quantitative estimate of drug-likeness (QED) is 0.907. The van der Waals surface area contributed by atoms with Crippen LogP contribution in [0, 0.1) is 5.82 Å². The molecular formula is C14H18BrFN2O2. The zero-order valence-electron chi connectivity index (χ0n) is 11.5. The zero-order chi connectivity index (χ0) is 14.9. The molecule has 1 heterocycles. The number of aliphatic hydroxyl groups excluding tert-OH is 1. The van der Waals surface area contributed by atoms with E-state index in [2.05, 4.69) is 15.9 Å². The fourth-order valence-electron chi connectivity index (χ4n) is 2.55. The smallest absolute Gasteiger partial charge is 0.255 e. The highest BCUT2D eigenvalue weighted by Gasteiger charge is 2.35. The number of amides is 1. The second kappa shape index (κ2) is 6.20. The van der Waals surface area contributed by atoms with Crippen LogP contribution >= 0.6 is 15.9 Å². The van der Waals surface area contributed by atoms with Crippen LogP contribution in [0.2, 0.25) is 0 Å². The number of benzene rings is 1. The van der Waals surface area contributed by atoms with Crippen LogP contribution in [0.3, 0.4) is 0 Å². The first-order chi connectivity index (χ1) is 9.38. The van der Waals surface area contributed by atoms with E-state index in [1.54, 1.807) is 4.90 Å². The van der Waals surface area contributed by atoms with E-state index >= 15 is 0 Å². The van der Waals surface area contributed by atoms with Gasteiger partial charge in [0.2, 0.25) is 0 Å². The van der Waals surface area contributed by atoms with Crippen LogP contribution in [0.25, 0.3) is 0 Å². The van der Waals surface area contributed by atoms with Gasteiger partial charge in [-0.3, -0.25) is 4.79 Å². The third kappa shape index (κ3) is 3.37. The highest BCUT2D eigenvalue weighted by molar-refractivity contribution is 9.10. The van der Waals surface area contributed by atoms with Crippen LogP contribution in [0.15, 0.2) is 22.7 Å². The second-order valence-corrected chi connectivity index (χ2v) is 6.24. The monoisotopic (exact) mass is 344 g/mol. The van der Waals surface area contributed by atoms with Gasteiger partial charge in [0, 0.05) is 23.6 Å². The SMILES string of the molecule is CN(C)CC1CC(O)CN1C(=O)c1ccc(F)cc1Br. The lowest BCUT2D eigenvalue weighted by Crippen LogP contribution is -2.41. The Kier molecular flexibility index (Phi) is 4.78. The molecule has 0 aliphatic carbocycles. The van der Waals surface area contributed by atoms with Gasteiger partial charge in [0.05, 0.1) is 11.7 Å². The molecule has 1 N–H and O–H groups in total. The Hall–Kier alpha value is -0.980. The molecule has 1 aromatic rings. The molecule has 1 amide bonds. The lowest BCUT2D eigenvalue weighted by atomic mass is 10.1. The number of carbonyl (C=O) groups excluding carboxylic acids is 1. The molecule has 2 rings (SSSR count). The van der Waals surface area contributed by atoms with Gasteiger partial charge in [0.15, 0.2) is 0 Å². The normalized spacial score (nSPS) is 22.6. The van der Waals surface area contributed by atoms with Gasteiger partial charge >= 0.3 is 0 Å². The summed E-state index contributed by atoms with van der Waals surface area (Å²) >= 11 is 3.22. The van der Waals surface area contributed by atoms with Crippen molar-refractivity contribution in [2.45, 2.75) is 18.6 Å². The number of likely N-dealkylation sites (N-methyl/N-ethyl adjacent to an activating group) is 1. The number of halogens is 2. The van der Waals surface area contributed by atoms with Gasteiger partial charge in [-0.2, -0.15) is 0 Å². The molecule has 2 unspecified atom stereocenters. The van der Waals surface area contributed by atoms with Crippen molar-refractivity contribution in [2.75, 3.05) is 27.2 Å². The van der Waals surface area contributed by atoms with E-state index < -0.39 is 6.10 Å². The summed E-state index contributed by atoms with van der Waals surface area (Å²) in [7, 11) is 3.86. The fourth-order valence-corrected chi connectivity index (χ4v) is 3.07. The Balaban J connectivity index is 2.22. The van der Waals surface area contributed by atoms with Crippen molar-refractivity contribution in [3.63, 3.8) is 0 Å². The van der Waals surface area contributed by atoms with Crippen LogP contribution in [0.4, 0.5) is 4.39 Å². The zero-order valence-corrected chi connectivity index (χ0v) is 13.1. The standard InChI is InChI=1S/C14H18BrFN2O2/c1-17(2)7-10-6-11(19)8-18(10)14(20)12-4-3-9(16)5-13(12)15/h3-5,10-11,19H,6-8H2,1-2H3. The number of rotatable bonds is 3. The number of aliphatic hydroxyl groups is 1. The molecule has 2 atom stereocenters. The molecule has 1 saturated heterocycles. The molecule has 20 heavy (non-hydrogen) atoms. The summed E-state index contributed by atoms with van der Waals surface area (Å²) in [5, 5.41) is 9.81. The minimum Gasteiger partial charge on any atom is -0.391 e. The third-order valence-electron chi connectivity index (χ3n) is 3.39. The van der Waals surface area contributed by atoms with Crippen molar-refractivity contribution in [1.29, 1.82) is 0 Å². The van der Waals surface area contributed by atoms with Gasteiger partial charge in [-0.1, -0.05) is 0 Å². The van der Waals surface area contributed by atoms with Crippen LogP contribution in [-0.2, 0) is 0 Å². The van der Waals surface area contributed by atoms with Crippen molar-refractivity contribution < 1.29 is 14.3 Å². The minimum absolute atomic E-state index is 0.0237. The summed E-state index contributed by atoms with van der Waals surface area (Å²) in [6.07, 6.45) is 0.0750. The topological polar surface area (TPSA) is 43.8 Å². The Labute approximate surface area is 126 Å². The molecule has 4 nitrogen and oxygen atoms in total. The van der Waals surface area contributed by atoms with Gasteiger partial charge in [-0.15, -0.1) is 0 Å². The summed E-state index contributed by atoms with van der Waals surface area (Å²) in [6, 6.07) is 4.00. The predicted octanol–water partition coefficient (Wildman–Crippen LogP) is 1.73. The summed E-state index contributed by atoms with van der Waals surface area (Å²) in [5.41, 5.74) is 0.421. The number of likely N-dealkylation sites (tertiary alicyclic amines) is 1. The number of nitrogens with zero attached hydrogens (tertiary/aromatic N) is 2. The van der Waals surface area contributed by atoms with E-state index in [0.29, 0.717) is 29.5 Å². The summed E-state index contributed by atoms with van der Waals surface area (Å²) < 4.78 is 13.5. The van der Waals surface area contributed by atoms with Crippen LogP contribution in [0.5, 0.6) is 0 Å². The minimum atomic E-state index is -0.497. The average Bonchev–Trinajstić information content (AvgIpc) is 2.68. The maximum absolute atomic E-state index is 13.1. The van der Waals surface area contributed by atoms with E-state index in [0.717, 1.165) is 0 Å². The first kappa shape index (κ1) is 15.4. The number of β-amino-alcohol motifs (C(OH)–C–C–N with tert-alkyl or cyclic N) is 1. The van der Waals surface area contributed by atoms with Crippen LogP contribution < -0.4 is 0 Å². The van der Waals surface area contributed by atoms with Crippen molar-refractivity contribution in [3.8, 4) is 0 Å². The highest BCUT2D eigenvalue weighted by Crippen LogP contribution is 2.25. The summed E-state index contributed by atoms with van der Waals surface area (Å²) in [4.78, 5) is 16.2. The second-order valence-electron chi connectivity index (χ2n) is 5.39. The van der Waals surface area contributed by atoms with E-state index in [4.69, 9.17) is 0 Å². The molecule has 1 aliphatic rings. The molecule has 110 valence electrons. The maximum atomic E-state index is 13.1. The lowest BCUT2D eigenvalue weighted by molar-refractivity contribution is 0.0698. The molecule has 0 radical (unpaired) electrons. The Morgan fingerprint density at radius 2 is 2.25 bits per heavy atom. The van der Waals surface area contributed by atoms with Crippen molar-refractivity contribution >= 4 is 21.8 Å². The highest BCUT2D eigenvalue weighted by atomic mass is 79.9. The van der Waals surface area contributed by atoms with E-state index in [1.807, 2.05) is 19.0 Å². The molecule has 1 fully saturated rings. The van der Waals surface area contributed by atoms with Crippen molar-refractivity contribution in [2.24, 2.45) is 0 Å². The van der Waals surface area contributed by atoms with Gasteiger partial charge in [-0.25, -0.2) is 4.39 Å². The van der Waals surface area contributed by atoms with E-state index in [1.165, 1.54) is 18.2 Å². The molecule has 0 saturated carbocycles. The number of hydrogen-bond donors (Lipinski definition) is 1. The van der Waals surface area contributed by atoms with Gasteiger partial charge in [0.25, 0.3) is 5.91 Å². The third-order valence-corrected chi connectivity index (χ3v) is 4.05. The van der Waals surface area contributed by atoms with Crippen molar-refractivity contribution in [1.82, 2.24) is 9.80 Å². The van der Waals surface area contributed by atoms with Crippen LogP contribution in [0.1, 0.15) is 16.8 Å². The molecule has 0 bridgehead atoms. The number of hydrogen-bond acceptors (Lipinski definition) is 3. The van der Waals surface area contributed by atoms with Gasteiger partial charge in [-0.05, 0) is 54.6 Å². The summed E-state index contributed by atoms with van der Waals surface area (Å²) in [6.45, 7) is 1.02. The lowest BCUT2D eigenvalue weighted by Gasteiger charge is -2.27. The average molecular weight is 345 g/mol. The molecule has 6 heteroatoms. The van der Waals surface area contributed by atoms with E-state index in [-0.39, 0.29) is 17.8 Å². The van der Waals surface area contributed by atoms with Crippen LogP contribution in [-0.4, -0.2) is 60.1 Å². The molecule has 0 spiro atoms. The number of carbonyl (C=O) groups is 1. The van der Waals surface area contributed by atoms with Gasteiger partial charge < -0.3 is 14.9 Å². The van der Waals surface area contributed by atoms with E-state index in [9.17, 15) is 14.3 Å². The molecule has 0 aromatic heterocycles. The Morgan fingerprint density at radius 1 is 1.55 bits per heavy atom. The Morgan fingerprint density at radius 3 is 2.85 bits per heavy atom. The molecular weight excluding hydrogens is 327 g/mol. The first-order valence-corrected chi connectivity index (χ1v) is 7.26. The maximum Gasteiger partial charge on any atom is 0.255 e. The molecule has 1 aromatic carbocycles. The Bertz CT molecular complexity index is 510. The predicted molar refractivity (Wildman–Crippen MR) is 78.1 cm³/mol. The summed E-state index contributed by atoms with van der Waals surface area (Å²) in [5.74, 6) is -0.569. The van der Waals surface area contributed by atoms with Gasteiger partial charge in [0.1, 0.15) is 5.82 Å². The molecule has 1 aliphatic heterocycles. The first-order valence-electron chi connectivity index (χ1n) is 6.47.